The molecule has 0 spiro atoms. The molecule has 0 saturated heterocycles. The van der Waals surface area contributed by atoms with E-state index < -0.39 is 0 Å². The largest absolute Gasteiger partial charge is 0.339 e. The Kier molecular flexibility index (Phi) is 5.44. The molecular weight excluding hydrogens is 264 g/mol. The molecule has 0 amide bonds. The maximum absolute atomic E-state index is 5.47. The van der Waals surface area contributed by atoms with Crippen molar-refractivity contribution in [3.8, 4) is 11.4 Å². The first kappa shape index (κ1) is 15.6. The van der Waals surface area contributed by atoms with Crippen molar-refractivity contribution in [3.05, 3.63) is 29.9 Å². The molecule has 5 heteroatoms. The summed E-state index contributed by atoms with van der Waals surface area (Å²) in [6.45, 7) is 9.50. The highest BCUT2D eigenvalue weighted by atomic mass is 16.5. The minimum Gasteiger partial charge on any atom is -0.339 e. The zero-order valence-electron chi connectivity index (χ0n) is 13.3. The summed E-state index contributed by atoms with van der Waals surface area (Å²) >= 11 is 0. The summed E-state index contributed by atoms with van der Waals surface area (Å²) in [5.41, 5.74) is 2.02. The van der Waals surface area contributed by atoms with Crippen LogP contribution in [0, 0.1) is 6.92 Å². The number of nitrogens with one attached hydrogen (secondary N) is 1. The van der Waals surface area contributed by atoms with Gasteiger partial charge in [0, 0.05) is 24.0 Å². The van der Waals surface area contributed by atoms with Gasteiger partial charge in [-0.3, -0.25) is 4.98 Å². The third kappa shape index (κ3) is 3.67. The Morgan fingerprint density at radius 2 is 2.14 bits per heavy atom. The maximum Gasteiger partial charge on any atom is 0.231 e. The molecule has 2 heterocycles. The number of pyridine rings is 1. The average molecular weight is 288 g/mol. The Balaban J connectivity index is 2.17. The van der Waals surface area contributed by atoms with Crippen molar-refractivity contribution in [2.45, 2.75) is 52.5 Å². The minimum absolute atomic E-state index is 0.194. The first-order chi connectivity index (χ1) is 10.2. The van der Waals surface area contributed by atoms with Gasteiger partial charge in [0.1, 0.15) is 0 Å². The molecule has 0 radical (unpaired) electrons. The van der Waals surface area contributed by atoms with Crippen LogP contribution in [0.5, 0.6) is 0 Å². The summed E-state index contributed by atoms with van der Waals surface area (Å²) in [5, 5.41) is 7.65. The second-order valence-corrected chi connectivity index (χ2v) is 5.40. The van der Waals surface area contributed by atoms with Gasteiger partial charge in [-0.1, -0.05) is 25.9 Å². The van der Waals surface area contributed by atoms with E-state index in [0.29, 0.717) is 17.8 Å². The van der Waals surface area contributed by atoms with Gasteiger partial charge in [0.25, 0.3) is 0 Å². The van der Waals surface area contributed by atoms with E-state index in [1.54, 1.807) is 12.4 Å². The van der Waals surface area contributed by atoms with Gasteiger partial charge in [-0.15, -0.1) is 0 Å². The lowest BCUT2D eigenvalue weighted by Crippen LogP contribution is -2.33. The van der Waals surface area contributed by atoms with Crippen LogP contribution in [0.2, 0.25) is 0 Å². The van der Waals surface area contributed by atoms with E-state index in [9.17, 15) is 0 Å². The molecule has 2 aromatic heterocycles. The van der Waals surface area contributed by atoms with Gasteiger partial charge in [-0.25, -0.2) is 0 Å². The maximum atomic E-state index is 5.47. The first-order valence-corrected chi connectivity index (χ1v) is 7.65. The predicted octanol–water partition coefficient (Wildman–Crippen LogP) is 3.32. The normalized spacial score (nSPS) is 14.1. The second kappa shape index (κ2) is 7.31. The SMILES string of the molecule is CCCNC(CC)C(C)c1nc(-c2cnccc2C)no1. The summed E-state index contributed by atoms with van der Waals surface area (Å²) in [6.07, 6.45) is 5.70. The molecule has 2 aromatic rings. The highest BCUT2D eigenvalue weighted by molar-refractivity contribution is 5.57. The van der Waals surface area contributed by atoms with Crippen LogP contribution in [-0.4, -0.2) is 27.7 Å². The molecule has 0 aliphatic rings. The van der Waals surface area contributed by atoms with Gasteiger partial charge in [-0.2, -0.15) is 4.98 Å². The van der Waals surface area contributed by atoms with E-state index in [4.69, 9.17) is 4.52 Å². The molecule has 21 heavy (non-hydrogen) atoms. The summed E-state index contributed by atoms with van der Waals surface area (Å²) < 4.78 is 5.47. The quantitative estimate of drug-likeness (QED) is 0.846. The topological polar surface area (TPSA) is 63.8 Å². The van der Waals surface area contributed by atoms with E-state index in [2.05, 4.69) is 41.2 Å². The van der Waals surface area contributed by atoms with Crippen LogP contribution in [0.3, 0.4) is 0 Å². The molecule has 0 aromatic carbocycles. The van der Waals surface area contributed by atoms with E-state index in [1.807, 2.05) is 13.0 Å². The number of hydrogen-bond acceptors (Lipinski definition) is 5. The molecular formula is C16H24N4O. The van der Waals surface area contributed by atoms with Crippen molar-refractivity contribution < 1.29 is 4.52 Å². The molecule has 5 nitrogen and oxygen atoms in total. The standard InChI is InChI=1S/C16H24N4O/c1-5-8-18-14(6-2)12(4)16-19-15(20-21-16)13-10-17-9-7-11(13)3/h7,9-10,12,14,18H,5-6,8H2,1-4H3. The van der Waals surface area contributed by atoms with Crippen LogP contribution >= 0.6 is 0 Å². The van der Waals surface area contributed by atoms with E-state index in [1.165, 1.54) is 0 Å². The fraction of sp³-hybridized carbons (Fsp3) is 0.562. The zero-order valence-corrected chi connectivity index (χ0v) is 13.3. The Morgan fingerprint density at radius 1 is 1.33 bits per heavy atom. The number of aromatic nitrogens is 3. The van der Waals surface area contributed by atoms with Gasteiger partial charge in [0.15, 0.2) is 0 Å². The van der Waals surface area contributed by atoms with E-state index in [-0.39, 0.29) is 5.92 Å². The van der Waals surface area contributed by atoms with E-state index >= 15 is 0 Å². The summed E-state index contributed by atoms with van der Waals surface area (Å²) in [6, 6.07) is 2.31. The number of aryl methyl sites for hydroxylation is 1. The van der Waals surface area contributed by atoms with Crippen molar-refractivity contribution in [2.24, 2.45) is 0 Å². The summed E-state index contributed by atoms with van der Waals surface area (Å²) in [7, 11) is 0. The van der Waals surface area contributed by atoms with Crippen molar-refractivity contribution in [1.29, 1.82) is 0 Å². The lowest BCUT2D eigenvalue weighted by molar-refractivity contribution is 0.319. The van der Waals surface area contributed by atoms with Gasteiger partial charge in [0.05, 0.1) is 5.92 Å². The third-order valence-electron chi connectivity index (χ3n) is 3.81. The lowest BCUT2D eigenvalue weighted by atomic mass is 9.99. The Labute approximate surface area is 126 Å². The molecule has 1 N–H and O–H groups in total. The van der Waals surface area contributed by atoms with Crippen LogP contribution in [-0.2, 0) is 0 Å². The molecule has 2 unspecified atom stereocenters. The van der Waals surface area contributed by atoms with Crippen LogP contribution in [0.15, 0.2) is 23.0 Å². The molecule has 0 aliphatic heterocycles. The van der Waals surface area contributed by atoms with Gasteiger partial charge >= 0.3 is 0 Å². The molecule has 0 bridgehead atoms. The monoisotopic (exact) mass is 288 g/mol. The third-order valence-corrected chi connectivity index (χ3v) is 3.81. The van der Waals surface area contributed by atoms with Crippen molar-refractivity contribution in [1.82, 2.24) is 20.4 Å². The fourth-order valence-corrected chi connectivity index (χ4v) is 2.40. The number of hydrogen-bond donors (Lipinski definition) is 1. The number of rotatable bonds is 7. The van der Waals surface area contributed by atoms with Gasteiger partial charge < -0.3 is 9.84 Å². The predicted molar refractivity (Wildman–Crippen MR) is 83.1 cm³/mol. The smallest absolute Gasteiger partial charge is 0.231 e. The number of nitrogens with zero attached hydrogens (tertiary/aromatic N) is 3. The van der Waals surface area contributed by atoms with E-state index in [0.717, 1.165) is 30.5 Å². The molecule has 0 saturated carbocycles. The molecule has 114 valence electrons. The molecule has 0 aliphatic carbocycles. The Hall–Kier alpha value is -1.75. The van der Waals surface area contributed by atoms with Crippen LogP contribution in [0.4, 0.5) is 0 Å². The van der Waals surface area contributed by atoms with Crippen LogP contribution < -0.4 is 5.32 Å². The van der Waals surface area contributed by atoms with Crippen LogP contribution in [0.1, 0.15) is 51.0 Å². The summed E-state index contributed by atoms with van der Waals surface area (Å²) in [5.74, 6) is 1.50. The van der Waals surface area contributed by atoms with Crippen molar-refractivity contribution in [3.63, 3.8) is 0 Å². The van der Waals surface area contributed by atoms with Gasteiger partial charge in [0.2, 0.25) is 11.7 Å². The molecule has 0 fully saturated rings. The fourth-order valence-electron chi connectivity index (χ4n) is 2.40. The first-order valence-electron chi connectivity index (χ1n) is 7.65. The molecule has 2 rings (SSSR count). The van der Waals surface area contributed by atoms with Crippen molar-refractivity contribution >= 4 is 0 Å². The lowest BCUT2D eigenvalue weighted by Gasteiger charge is -2.20. The van der Waals surface area contributed by atoms with Gasteiger partial charge in [-0.05, 0) is 37.9 Å². The van der Waals surface area contributed by atoms with Crippen LogP contribution in [0.25, 0.3) is 11.4 Å². The van der Waals surface area contributed by atoms with Crippen molar-refractivity contribution in [2.75, 3.05) is 6.54 Å². The highest BCUT2D eigenvalue weighted by Gasteiger charge is 2.23. The minimum atomic E-state index is 0.194. The highest BCUT2D eigenvalue weighted by Crippen LogP contribution is 2.24. The second-order valence-electron chi connectivity index (χ2n) is 5.40. The summed E-state index contributed by atoms with van der Waals surface area (Å²) in [4.78, 5) is 8.69. The molecule has 2 atom stereocenters. The Morgan fingerprint density at radius 3 is 2.81 bits per heavy atom. The Bertz CT molecular complexity index is 567. The zero-order chi connectivity index (χ0) is 15.2. The average Bonchev–Trinajstić information content (AvgIpc) is 2.98.